The van der Waals surface area contributed by atoms with Crippen LogP contribution < -0.4 is 4.74 Å². The largest absolute Gasteiger partial charge is 0.487 e. The van der Waals surface area contributed by atoms with Gasteiger partial charge in [0, 0.05) is 5.56 Å². The zero-order chi connectivity index (χ0) is 13.0. The third kappa shape index (κ3) is 2.90. The molecule has 0 saturated carbocycles. The molecule has 0 amide bonds. The average Bonchev–Trinajstić information content (AvgIpc) is 2.40. The maximum absolute atomic E-state index is 9.52. The van der Waals surface area contributed by atoms with E-state index >= 15 is 0 Å². The molecule has 2 aromatic rings. The molecule has 1 unspecified atom stereocenters. The van der Waals surface area contributed by atoms with E-state index in [1.807, 2.05) is 49.4 Å². The smallest absolute Gasteiger partial charge is 0.127 e. The summed E-state index contributed by atoms with van der Waals surface area (Å²) in [5.41, 5.74) is 2.16. The highest BCUT2D eigenvalue weighted by Gasteiger charge is 2.13. The van der Waals surface area contributed by atoms with Gasteiger partial charge in [0.05, 0.1) is 6.10 Å². The van der Waals surface area contributed by atoms with Gasteiger partial charge in [-0.1, -0.05) is 48.5 Å². The zero-order valence-corrected chi connectivity index (χ0v) is 10.7. The van der Waals surface area contributed by atoms with E-state index in [9.17, 15) is 5.11 Å². The second kappa shape index (κ2) is 5.69. The normalized spacial score (nSPS) is 13.9. The molecule has 1 N–H and O–H groups in total. The lowest BCUT2D eigenvalue weighted by Crippen LogP contribution is -2.25. The van der Waals surface area contributed by atoms with Crippen LogP contribution in [0.3, 0.4) is 0 Å². The van der Waals surface area contributed by atoms with E-state index in [0.29, 0.717) is 0 Å². The van der Waals surface area contributed by atoms with Gasteiger partial charge < -0.3 is 9.84 Å². The van der Waals surface area contributed by atoms with Crippen LogP contribution in [0.4, 0.5) is 0 Å². The number of hydrogen-bond donors (Lipinski definition) is 1. The van der Waals surface area contributed by atoms with Gasteiger partial charge in [0.2, 0.25) is 0 Å². The van der Waals surface area contributed by atoms with Crippen LogP contribution in [0.5, 0.6) is 5.75 Å². The molecule has 94 valence electrons. The number of ether oxygens (including phenoxy) is 1. The lowest BCUT2D eigenvalue weighted by atomic mass is 10.0. The third-order valence-electron chi connectivity index (χ3n) is 2.96. The van der Waals surface area contributed by atoms with Crippen LogP contribution in [0.1, 0.15) is 13.8 Å². The van der Waals surface area contributed by atoms with E-state index in [2.05, 4.69) is 12.1 Å². The van der Waals surface area contributed by atoms with Crippen LogP contribution in [0.25, 0.3) is 11.1 Å². The van der Waals surface area contributed by atoms with E-state index in [1.54, 1.807) is 6.92 Å². The Morgan fingerprint density at radius 1 is 0.889 bits per heavy atom. The summed E-state index contributed by atoms with van der Waals surface area (Å²) >= 11 is 0. The Hall–Kier alpha value is -1.80. The van der Waals surface area contributed by atoms with Gasteiger partial charge in [-0.25, -0.2) is 0 Å². The minimum absolute atomic E-state index is 0.227. The van der Waals surface area contributed by atoms with E-state index in [-0.39, 0.29) is 6.10 Å². The first-order valence-corrected chi connectivity index (χ1v) is 6.17. The lowest BCUT2D eigenvalue weighted by molar-refractivity contribution is 0.0608. The second-order valence-electron chi connectivity index (χ2n) is 4.43. The Kier molecular flexibility index (Phi) is 4.00. The van der Waals surface area contributed by atoms with E-state index in [4.69, 9.17) is 4.74 Å². The minimum Gasteiger partial charge on any atom is -0.487 e. The van der Waals surface area contributed by atoms with Crippen LogP contribution in [0.2, 0.25) is 0 Å². The van der Waals surface area contributed by atoms with Crippen molar-refractivity contribution in [1.29, 1.82) is 0 Å². The molecule has 18 heavy (non-hydrogen) atoms. The maximum Gasteiger partial charge on any atom is 0.127 e. The van der Waals surface area contributed by atoms with Crippen molar-refractivity contribution in [2.45, 2.75) is 26.1 Å². The second-order valence-corrected chi connectivity index (χ2v) is 4.43. The molecule has 2 nitrogen and oxygen atoms in total. The highest BCUT2D eigenvalue weighted by molar-refractivity contribution is 5.70. The van der Waals surface area contributed by atoms with Crippen molar-refractivity contribution >= 4 is 0 Å². The number of para-hydroxylation sites is 1. The fourth-order valence-electron chi connectivity index (χ4n) is 1.72. The number of aliphatic hydroxyl groups is 1. The van der Waals surface area contributed by atoms with E-state index in [0.717, 1.165) is 16.9 Å². The van der Waals surface area contributed by atoms with Gasteiger partial charge in [-0.2, -0.15) is 0 Å². The van der Waals surface area contributed by atoms with E-state index < -0.39 is 6.10 Å². The lowest BCUT2D eigenvalue weighted by Gasteiger charge is -2.19. The van der Waals surface area contributed by atoms with Crippen LogP contribution in [0, 0.1) is 0 Å². The van der Waals surface area contributed by atoms with Crippen LogP contribution in [-0.2, 0) is 0 Å². The highest BCUT2D eigenvalue weighted by atomic mass is 16.5. The molecule has 0 radical (unpaired) electrons. The summed E-state index contributed by atoms with van der Waals surface area (Å²) in [5, 5.41) is 9.52. The van der Waals surface area contributed by atoms with Gasteiger partial charge in [0.1, 0.15) is 11.9 Å². The standard InChI is InChI=1S/C16H18O2/c1-12(17)13(2)18-16-11-7-6-10-15(16)14-8-4-3-5-9-14/h3-13,17H,1-2H3/t12-,13?/m0/s1. The summed E-state index contributed by atoms with van der Waals surface area (Å²) in [6, 6.07) is 18.0. The van der Waals surface area contributed by atoms with Gasteiger partial charge in [0.25, 0.3) is 0 Å². The summed E-state index contributed by atoms with van der Waals surface area (Å²) in [6.45, 7) is 3.60. The molecule has 0 aromatic heterocycles. The van der Waals surface area contributed by atoms with Gasteiger partial charge in [-0.05, 0) is 25.5 Å². The van der Waals surface area contributed by atoms with Crippen molar-refractivity contribution < 1.29 is 9.84 Å². The molecular weight excluding hydrogens is 224 g/mol. The fraction of sp³-hybridized carbons (Fsp3) is 0.250. The minimum atomic E-state index is -0.492. The molecule has 0 fully saturated rings. The fourth-order valence-corrected chi connectivity index (χ4v) is 1.72. The van der Waals surface area contributed by atoms with Crippen LogP contribution >= 0.6 is 0 Å². The van der Waals surface area contributed by atoms with Gasteiger partial charge in [0.15, 0.2) is 0 Å². The highest BCUT2D eigenvalue weighted by Crippen LogP contribution is 2.30. The number of rotatable bonds is 4. The van der Waals surface area contributed by atoms with Gasteiger partial charge >= 0.3 is 0 Å². The van der Waals surface area contributed by atoms with Crippen molar-refractivity contribution in [1.82, 2.24) is 0 Å². The van der Waals surface area contributed by atoms with Crippen LogP contribution in [-0.4, -0.2) is 17.3 Å². The zero-order valence-electron chi connectivity index (χ0n) is 10.7. The predicted molar refractivity (Wildman–Crippen MR) is 73.6 cm³/mol. The molecule has 2 atom stereocenters. The molecule has 2 rings (SSSR count). The summed E-state index contributed by atoms with van der Waals surface area (Å²) in [4.78, 5) is 0. The van der Waals surface area contributed by atoms with Crippen molar-refractivity contribution in [3.8, 4) is 16.9 Å². The Labute approximate surface area is 108 Å². The molecule has 0 saturated heterocycles. The summed E-state index contributed by atoms with van der Waals surface area (Å²) < 4.78 is 5.81. The first-order chi connectivity index (χ1) is 8.68. The molecule has 0 bridgehead atoms. The summed E-state index contributed by atoms with van der Waals surface area (Å²) in [5.74, 6) is 0.803. The number of benzene rings is 2. The first-order valence-electron chi connectivity index (χ1n) is 6.17. The molecule has 0 aliphatic heterocycles. The Morgan fingerprint density at radius 3 is 2.17 bits per heavy atom. The van der Waals surface area contributed by atoms with Crippen LogP contribution in [0.15, 0.2) is 54.6 Å². The summed E-state index contributed by atoms with van der Waals surface area (Å²) in [6.07, 6.45) is -0.719. The summed E-state index contributed by atoms with van der Waals surface area (Å²) in [7, 11) is 0. The van der Waals surface area contributed by atoms with Crippen molar-refractivity contribution in [3.63, 3.8) is 0 Å². The Morgan fingerprint density at radius 2 is 1.50 bits per heavy atom. The Balaban J connectivity index is 2.32. The first kappa shape index (κ1) is 12.7. The quantitative estimate of drug-likeness (QED) is 0.889. The third-order valence-corrected chi connectivity index (χ3v) is 2.96. The van der Waals surface area contributed by atoms with E-state index in [1.165, 1.54) is 0 Å². The number of hydrogen-bond acceptors (Lipinski definition) is 2. The molecule has 2 heteroatoms. The Bertz CT molecular complexity index is 491. The van der Waals surface area contributed by atoms with Crippen molar-refractivity contribution in [2.24, 2.45) is 0 Å². The molecule has 0 aliphatic rings. The predicted octanol–water partition coefficient (Wildman–Crippen LogP) is 3.50. The average molecular weight is 242 g/mol. The van der Waals surface area contributed by atoms with Crippen molar-refractivity contribution in [3.05, 3.63) is 54.6 Å². The SMILES string of the molecule is CC(Oc1ccccc1-c1ccccc1)[C@H](C)O. The molecule has 0 heterocycles. The molecular formula is C16H18O2. The molecule has 0 spiro atoms. The number of aliphatic hydroxyl groups excluding tert-OH is 1. The molecule has 0 aliphatic carbocycles. The van der Waals surface area contributed by atoms with Crippen molar-refractivity contribution in [2.75, 3.05) is 0 Å². The van der Waals surface area contributed by atoms with Gasteiger partial charge in [-0.3, -0.25) is 0 Å². The molecule has 2 aromatic carbocycles. The monoisotopic (exact) mass is 242 g/mol. The topological polar surface area (TPSA) is 29.5 Å². The van der Waals surface area contributed by atoms with Gasteiger partial charge in [-0.15, -0.1) is 0 Å². The maximum atomic E-state index is 9.52.